The minimum atomic E-state index is 0.508. The van der Waals surface area contributed by atoms with Gasteiger partial charge in [0.1, 0.15) is 0 Å². The predicted molar refractivity (Wildman–Crippen MR) is 76.4 cm³/mol. The fourth-order valence-electron chi connectivity index (χ4n) is 4.36. The van der Waals surface area contributed by atoms with Gasteiger partial charge in [-0.15, -0.1) is 0 Å². The number of nitrogens with one attached hydrogen (secondary N) is 2. The van der Waals surface area contributed by atoms with Gasteiger partial charge in [-0.05, 0) is 55.1 Å². The van der Waals surface area contributed by atoms with Gasteiger partial charge in [-0.1, -0.05) is 18.2 Å². The number of nitrogens with two attached hydrogens (primary N) is 1. The Kier molecular flexibility index (Phi) is 2.52. The van der Waals surface area contributed by atoms with Gasteiger partial charge in [0.2, 0.25) is 5.96 Å². The first-order valence-electron chi connectivity index (χ1n) is 7.23. The normalized spacial score (nSPS) is 39.0. The zero-order chi connectivity index (χ0) is 12.8. The smallest absolute Gasteiger partial charge is 0.210 e. The minimum absolute atomic E-state index is 0.508. The van der Waals surface area contributed by atoms with Crippen LogP contribution in [0.5, 0.6) is 0 Å². The number of fused-ring (bicyclic) bond motifs is 5. The van der Waals surface area contributed by atoms with Crippen LogP contribution in [0, 0.1) is 23.7 Å². The molecule has 100 valence electrons. The zero-order valence-corrected chi connectivity index (χ0v) is 10.9. The molecule has 2 bridgehead atoms. The molecule has 4 unspecified atom stereocenters. The summed E-state index contributed by atoms with van der Waals surface area (Å²) < 4.78 is 0. The van der Waals surface area contributed by atoms with Crippen molar-refractivity contribution < 1.29 is 0 Å². The van der Waals surface area contributed by atoms with Crippen molar-refractivity contribution in [2.24, 2.45) is 34.5 Å². The van der Waals surface area contributed by atoms with Crippen molar-refractivity contribution in [3.63, 3.8) is 0 Å². The number of rotatable bonds is 2. The number of hydrogen-bond acceptors (Lipinski definition) is 2. The maximum absolute atomic E-state index is 5.59. The lowest BCUT2D eigenvalue weighted by Crippen LogP contribution is -2.36. The van der Waals surface area contributed by atoms with Crippen LogP contribution in [0.3, 0.4) is 0 Å². The molecule has 3 aliphatic rings. The van der Waals surface area contributed by atoms with E-state index in [-0.39, 0.29) is 0 Å². The van der Waals surface area contributed by atoms with Crippen LogP contribution in [0.1, 0.15) is 19.3 Å². The number of hydrazine groups is 1. The first-order valence-corrected chi connectivity index (χ1v) is 7.23. The molecule has 0 heterocycles. The number of para-hydroxylation sites is 1. The van der Waals surface area contributed by atoms with Crippen molar-refractivity contribution in [1.82, 2.24) is 5.43 Å². The molecule has 3 fully saturated rings. The Morgan fingerprint density at radius 3 is 2.42 bits per heavy atom. The predicted octanol–water partition coefficient (Wildman–Crippen LogP) is 1.96. The Bertz CT molecular complexity index is 482. The van der Waals surface area contributed by atoms with E-state index in [1.54, 1.807) is 0 Å². The summed E-state index contributed by atoms with van der Waals surface area (Å²) in [6, 6.07) is 10.6. The van der Waals surface area contributed by atoms with E-state index in [0.717, 1.165) is 29.4 Å². The van der Waals surface area contributed by atoms with Gasteiger partial charge in [0.15, 0.2) is 0 Å². The van der Waals surface area contributed by atoms with Gasteiger partial charge in [-0.25, -0.2) is 10.8 Å². The van der Waals surface area contributed by atoms with E-state index in [1.165, 1.54) is 19.3 Å². The third-order valence-electron chi connectivity index (χ3n) is 5.15. The van der Waals surface area contributed by atoms with Crippen molar-refractivity contribution in [3.05, 3.63) is 30.3 Å². The highest BCUT2D eigenvalue weighted by atomic mass is 15.3. The summed E-state index contributed by atoms with van der Waals surface area (Å²) in [7, 11) is 0. The van der Waals surface area contributed by atoms with Gasteiger partial charge >= 0.3 is 0 Å². The molecule has 0 radical (unpaired) electrons. The molecule has 4 atom stereocenters. The van der Waals surface area contributed by atoms with E-state index < -0.39 is 0 Å². The third-order valence-corrected chi connectivity index (χ3v) is 5.15. The van der Waals surface area contributed by atoms with Crippen LogP contribution >= 0.6 is 0 Å². The molecule has 4 rings (SSSR count). The van der Waals surface area contributed by atoms with E-state index in [0.29, 0.717) is 12.0 Å². The summed E-state index contributed by atoms with van der Waals surface area (Å²) in [5.41, 5.74) is 3.72. The van der Waals surface area contributed by atoms with Crippen LogP contribution in [0.15, 0.2) is 35.3 Å². The van der Waals surface area contributed by atoms with E-state index >= 15 is 0 Å². The van der Waals surface area contributed by atoms with Gasteiger partial charge in [-0.3, -0.25) is 5.43 Å². The number of nitrogens with zero attached hydrogens (tertiary/aromatic N) is 1. The average Bonchev–Trinajstić information content (AvgIpc) is 2.84. The molecule has 4 nitrogen and oxygen atoms in total. The minimum Gasteiger partial charge on any atom is -0.325 e. The molecule has 0 amide bonds. The van der Waals surface area contributed by atoms with Crippen molar-refractivity contribution in [2.45, 2.75) is 25.3 Å². The van der Waals surface area contributed by atoms with Gasteiger partial charge < -0.3 is 5.32 Å². The van der Waals surface area contributed by atoms with Crippen molar-refractivity contribution in [3.8, 4) is 0 Å². The molecule has 1 aromatic carbocycles. The summed E-state index contributed by atoms with van der Waals surface area (Å²) in [5.74, 6) is 9.87. The van der Waals surface area contributed by atoms with E-state index in [1.807, 2.05) is 30.3 Å². The first kappa shape index (κ1) is 11.3. The Balaban J connectivity index is 1.47. The van der Waals surface area contributed by atoms with Gasteiger partial charge in [0.25, 0.3) is 0 Å². The fourth-order valence-corrected chi connectivity index (χ4v) is 4.36. The summed E-state index contributed by atoms with van der Waals surface area (Å²) >= 11 is 0. The quantitative estimate of drug-likeness (QED) is 0.328. The fraction of sp³-hybridized carbons (Fsp3) is 0.533. The zero-order valence-electron chi connectivity index (χ0n) is 10.9. The maximum Gasteiger partial charge on any atom is 0.210 e. The second-order valence-electron chi connectivity index (χ2n) is 6.09. The number of aliphatic imine (C=N–C) groups is 1. The monoisotopic (exact) mass is 256 g/mol. The molecule has 3 aliphatic carbocycles. The summed E-state index contributed by atoms with van der Waals surface area (Å²) in [6.07, 6.45) is 4.31. The topological polar surface area (TPSA) is 62.4 Å². The number of benzene rings is 1. The van der Waals surface area contributed by atoms with Crippen LogP contribution in [-0.2, 0) is 0 Å². The second kappa shape index (κ2) is 4.23. The lowest BCUT2D eigenvalue weighted by Gasteiger charge is -2.11. The molecule has 4 heteroatoms. The lowest BCUT2D eigenvalue weighted by molar-refractivity contribution is 0.456. The van der Waals surface area contributed by atoms with E-state index in [2.05, 4.69) is 10.7 Å². The summed E-state index contributed by atoms with van der Waals surface area (Å²) in [4.78, 5) is 4.80. The van der Waals surface area contributed by atoms with Gasteiger partial charge in [-0.2, -0.15) is 0 Å². The highest BCUT2D eigenvalue weighted by Crippen LogP contribution is 2.66. The molecule has 0 saturated heterocycles. The number of anilines is 1. The standard InChI is InChI=1S/C15H20N4/c16-19-15(17-11-4-2-1-3-5-11)18-14-12-9-6-7-10(8-9)13(12)14/h1-5,9-10,12-14H,6-8,16H2,(H2,17,18,19). The Hall–Kier alpha value is -1.55. The van der Waals surface area contributed by atoms with Crippen molar-refractivity contribution in [2.75, 3.05) is 5.32 Å². The van der Waals surface area contributed by atoms with Crippen LogP contribution in [-0.4, -0.2) is 12.0 Å². The number of hydrogen-bond donors (Lipinski definition) is 3. The van der Waals surface area contributed by atoms with E-state index in [4.69, 9.17) is 10.8 Å². The molecule has 0 aromatic heterocycles. The molecular formula is C15H20N4. The van der Waals surface area contributed by atoms with Crippen molar-refractivity contribution >= 4 is 11.6 Å². The average molecular weight is 256 g/mol. The third kappa shape index (κ3) is 1.82. The Morgan fingerprint density at radius 1 is 1.11 bits per heavy atom. The Labute approximate surface area is 113 Å². The summed E-state index contributed by atoms with van der Waals surface area (Å²) in [5, 5.41) is 3.25. The largest absolute Gasteiger partial charge is 0.325 e. The Morgan fingerprint density at radius 2 is 1.79 bits per heavy atom. The van der Waals surface area contributed by atoms with E-state index in [9.17, 15) is 0 Å². The molecule has 3 saturated carbocycles. The lowest BCUT2D eigenvalue weighted by atomic mass is 10.0. The number of guanidine groups is 1. The van der Waals surface area contributed by atoms with Crippen molar-refractivity contribution in [1.29, 1.82) is 0 Å². The SMILES string of the molecule is NNC(=NC1C2C3CCC(C3)C12)Nc1ccccc1. The van der Waals surface area contributed by atoms with Crippen LogP contribution in [0.4, 0.5) is 5.69 Å². The highest BCUT2D eigenvalue weighted by Gasteiger charge is 2.65. The molecule has 0 aliphatic heterocycles. The molecule has 19 heavy (non-hydrogen) atoms. The van der Waals surface area contributed by atoms with Gasteiger partial charge in [0.05, 0.1) is 6.04 Å². The maximum atomic E-state index is 5.59. The van der Waals surface area contributed by atoms with Gasteiger partial charge in [0, 0.05) is 5.69 Å². The molecule has 0 spiro atoms. The first-order chi connectivity index (χ1) is 9.36. The molecule has 4 N–H and O–H groups in total. The highest BCUT2D eigenvalue weighted by molar-refractivity contribution is 5.93. The molecular weight excluding hydrogens is 236 g/mol. The van der Waals surface area contributed by atoms with Crippen LogP contribution in [0.2, 0.25) is 0 Å². The summed E-state index contributed by atoms with van der Waals surface area (Å²) in [6.45, 7) is 0. The van der Waals surface area contributed by atoms with Crippen LogP contribution < -0.4 is 16.6 Å². The molecule has 1 aromatic rings. The second-order valence-corrected chi connectivity index (χ2v) is 6.09. The van der Waals surface area contributed by atoms with Crippen LogP contribution in [0.25, 0.3) is 0 Å².